The van der Waals surface area contributed by atoms with Crippen LogP contribution in [0.4, 0.5) is 0 Å². The summed E-state index contributed by atoms with van der Waals surface area (Å²) in [6, 6.07) is 15.6. The van der Waals surface area contributed by atoms with E-state index in [-0.39, 0.29) is 31.0 Å². The molecule has 1 fully saturated rings. The van der Waals surface area contributed by atoms with Crippen molar-refractivity contribution in [3.63, 3.8) is 0 Å². The standard InChI is InChI=1S/C28H31N5O5S/c1-36-19-11-12-22(25(15-19)37-2)27(28(35)29-16-20-7-5-13-38-20)32(17-21-8-6-14-39-21)26(34)18-33-24-10-4-3-9-23(24)30-31-33/h3-4,6,8-12,14-15,20,27H,5,7,13,16-18H2,1-2H3,(H,29,35)/t20-,27+/m0/s1. The summed E-state index contributed by atoms with van der Waals surface area (Å²) in [6.45, 7) is 1.20. The number of benzene rings is 2. The van der Waals surface area contributed by atoms with Crippen molar-refractivity contribution in [3.05, 3.63) is 70.4 Å². The quantitative estimate of drug-likeness (QED) is 0.305. The number of aromatic nitrogens is 3. The van der Waals surface area contributed by atoms with Crippen molar-refractivity contribution in [2.45, 2.75) is 38.1 Å². The lowest BCUT2D eigenvalue weighted by molar-refractivity contribution is -0.142. The normalized spacial score (nSPS) is 15.7. The number of thiophene rings is 1. The van der Waals surface area contributed by atoms with Crippen LogP contribution in [-0.2, 0) is 27.4 Å². The molecule has 2 aromatic carbocycles. The van der Waals surface area contributed by atoms with Gasteiger partial charge < -0.3 is 24.4 Å². The molecule has 11 heteroatoms. The van der Waals surface area contributed by atoms with Crippen molar-refractivity contribution in [2.24, 2.45) is 0 Å². The Morgan fingerprint density at radius 2 is 2.05 bits per heavy atom. The zero-order valence-electron chi connectivity index (χ0n) is 21.9. The molecule has 2 aromatic heterocycles. The predicted octanol–water partition coefficient (Wildman–Crippen LogP) is 3.58. The molecule has 10 nitrogen and oxygen atoms in total. The number of carbonyl (C=O) groups excluding carboxylic acids is 2. The summed E-state index contributed by atoms with van der Waals surface area (Å²) in [5.41, 5.74) is 1.98. The van der Waals surface area contributed by atoms with Crippen molar-refractivity contribution >= 4 is 34.2 Å². The Labute approximate surface area is 230 Å². The molecule has 0 radical (unpaired) electrons. The number of methoxy groups -OCH3 is 2. The maximum atomic E-state index is 14.1. The first-order chi connectivity index (χ1) is 19.1. The average Bonchev–Trinajstić information content (AvgIpc) is 3.75. The Morgan fingerprint density at radius 3 is 2.79 bits per heavy atom. The minimum Gasteiger partial charge on any atom is -0.497 e. The number of rotatable bonds is 11. The Bertz CT molecular complexity index is 1420. The summed E-state index contributed by atoms with van der Waals surface area (Å²) in [7, 11) is 3.10. The Kier molecular flexibility index (Phi) is 8.38. The van der Waals surface area contributed by atoms with Gasteiger partial charge in [0.25, 0.3) is 0 Å². The van der Waals surface area contributed by atoms with E-state index in [2.05, 4.69) is 15.6 Å². The third kappa shape index (κ3) is 6.04. The van der Waals surface area contributed by atoms with Crippen molar-refractivity contribution in [1.82, 2.24) is 25.2 Å². The van der Waals surface area contributed by atoms with Crippen LogP contribution in [0.5, 0.6) is 11.5 Å². The molecular formula is C28H31N5O5S. The molecule has 5 rings (SSSR count). The van der Waals surface area contributed by atoms with Crippen LogP contribution in [0.3, 0.4) is 0 Å². The molecular weight excluding hydrogens is 518 g/mol. The van der Waals surface area contributed by atoms with Gasteiger partial charge in [0.15, 0.2) is 0 Å². The molecule has 4 aromatic rings. The van der Waals surface area contributed by atoms with E-state index < -0.39 is 6.04 Å². The SMILES string of the molecule is COc1ccc([C@H](C(=O)NC[C@@H]2CCCO2)N(Cc2cccs2)C(=O)Cn2nnc3ccccc32)c(OC)c1. The van der Waals surface area contributed by atoms with Gasteiger partial charge >= 0.3 is 0 Å². The van der Waals surface area contributed by atoms with E-state index in [0.29, 0.717) is 35.7 Å². The third-order valence-electron chi connectivity index (χ3n) is 6.76. The highest BCUT2D eigenvalue weighted by Gasteiger charge is 2.35. The summed E-state index contributed by atoms with van der Waals surface area (Å²) < 4.78 is 18.3. The number of para-hydroxylation sites is 1. The van der Waals surface area contributed by atoms with E-state index in [1.165, 1.54) is 18.4 Å². The molecule has 0 spiro atoms. The maximum absolute atomic E-state index is 14.1. The van der Waals surface area contributed by atoms with Crippen LogP contribution in [0.25, 0.3) is 11.0 Å². The fourth-order valence-corrected chi connectivity index (χ4v) is 5.46. The molecule has 2 amide bonds. The fourth-order valence-electron chi connectivity index (χ4n) is 4.76. The second-order valence-electron chi connectivity index (χ2n) is 9.23. The summed E-state index contributed by atoms with van der Waals surface area (Å²) in [6.07, 6.45) is 1.80. The summed E-state index contributed by atoms with van der Waals surface area (Å²) in [5.74, 6) is 0.428. The van der Waals surface area contributed by atoms with E-state index in [0.717, 1.165) is 23.2 Å². The predicted molar refractivity (Wildman–Crippen MR) is 147 cm³/mol. The second kappa shape index (κ2) is 12.3. The largest absolute Gasteiger partial charge is 0.497 e. The first-order valence-electron chi connectivity index (χ1n) is 12.8. The number of fused-ring (bicyclic) bond motifs is 1. The smallest absolute Gasteiger partial charge is 0.247 e. The number of nitrogens with zero attached hydrogens (tertiary/aromatic N) is 4. The molecule has 0 unspecified atom stereocenters. The minimum absolute atomic E-state index is 0.0460. The first-order valence-corrected chi connectivity index (χ1v) is 13.7. The van der Waals surface area contributed by atoms with Crippen molar-refractivity contribution in [3.8, 4) is 11.5 Å². The third-order valence-corrected chi connectivity index (χ3v) is 7.62. The van der Waals surface area contributed by atoms with Gasteiger partial charge in [-0.25, -0.2) is 4.68 Å². The van der Waals surface area contributed by atoms with Gasteiger partial charge in [-0.05, 0) is 48.6 Å². The number of hydrogen-bond donors (Lipinski definition) is 1. The maximum Gasteiger partial charge on any atom is 0.247 e. The van der Waals surface area contributed by atoms with Crippen LogP contribution >= 0.6 is 11.3 Å². The number of ether oxygens (including phenoxy) is 3. The van der Waals surface area contributed by atoms with Crippen LogP contribution in [0.1, 0.15) is 29.3 Å². The van der Waals surface area contributed by atoms with Gasteiger partial charge in [0.1, 0.15) is 29.6 Å². The number of amides is 2. The van der Waals surface area contributed by atoms with Gasteiger partial charge in [0.2, 0.25) is 11.8 Å². The lowest BCUT2D eigenvalue weighted by Gasteiger charge is -2.32. The van der Waals surface area contributed by atoms with E-state index in [9.17, 15) is 9.59 Å². The molecule has 204 valence electrons. The zero-order chi connectivity index (χ0) is 27.2. The summed E-state index contributed by atoms with van der Waals surface area (Å²) in [4.78, 5) is 30.5. The molecule has 2 atom stereocenters. The van der Waals surface area contributed by atoms with Crippen LogP contribution < -0.4 is 14.8 Å². The molecule has 0 saturated carbocycles. The molecule has 1 aliphatic heterocycles. The number of hydrogen-bond acceptors (Lipinski definition) is 8. The lowest BCUT2D eigenvalue weighted by atomic mass is 10.0. The molecule has 39 heavy (non-hydrogen) atoms. The Balaban J connectivity index is 1.53. The van der Waals surface area contributed by atoms with Crippen LogP contribution in [0.15, 0.2) is 60.0 Å². The van der Waals surface area contributed by atoms with Gasteiger partial charge in [-0.2, -0.15) is 0 Å². The molecule has 3 heterocycles. The van der Waals surface area contributed by atoms with Gasteiger partial charge in [0, 0.05) is 29.7 Å². The van der Waals surface area contributed by atoms with E-state index >= 15 is 0 Å². The molecule has 0 aliphatic carbocycles. The second-order valence-corrected chi connectivity index (χ2v) is 10.3. The highest BCUT2D eigenvalue weighted by molar-refractivity contribution is 7.09. The highest BCUT2D eigenvalue weighted by Crippen LogP contribution is 2.35. The van der Waals surface area contributed by atoms with E-state index in [1.807, 2.05) is 41.8 Å². The first kappa shape index (κ1) is 26.6. The monoisotopic (exact) mass is 549 g/mol. The van der Waals surface area contributed by atoms with Crippen LogP contribution in [0.2, 0.25) is 0 Å². The Morgan fingerprint density at radius 1 is 1.18 bits per heavy atom. The molecule has 1 aliphatic rings. The minimum atomic E-state index is -0.975. The van der Waals surface area contributed by atoms with E-state index in [4.69, 9.17) is 14.2 Å². The van der Waals surface area contributed by atoms with Gasteiger partial charge in [-0.1, -0.05) is 23.4 Å². The van der Waals surface area contributed by atoms with Gasteiger partial charge in [-0.3, -0.25) is 9.59 Å². The van der Waals surface area contributed by atoms with Gasteiger partial charge in [0.05, 0.1) is 32.4 Å². The van der Waals surface area contributed by atoms with Gasteiger partial charge in [-0.15, -0.1) is 16.4 Å². The average molecular weight is 550 g/mol. The fraction of sp³-hybridized carbons (Fsp3) is 0.357. The topological polar surface area (TPSA) is 108 Å². The molecule has 1 N–H and O–H groups in total. The van der Waals surface area contributed by atoms with Crippen molar-refractivity contribution in [1.29, 1.82) is 0 Å². The number of carbonyl (C=O) groups is 2. The van der Waals surface area contributed by atoms with Crippen molar-refractivity contribution < 1.29 is 23.8 Å². The zero-order valence-corrected chi connectivity index (χ0v) is 22.7. The molecule has 0 bridgehead atoms. The van der Waals surface area contributed by atoms with Crippen molar-refractivity contribution in [2.75, 3.05) is 27.4 Å². The van der Waals surface area contributed by atoms with Crippen LogP contribution in [-0.4, -0.2) is 65.2 Å². The summed E-state index contributed by atoms with van der Waals surface area (Å²) >= 11 is 1.52. The highest BCUT2D eigenvalue weighted by atomic mass is 32.1. The lowest BCUT2D eigenvalue weighted by Crippen LogP contribution is -2.46. The van der Waals surface area contributed by atoms with E-state index in [1.54, 1.807) is 34.9 Å². The summed E-state index contributed by atoms with van der Waals surface area (Å²) in [5, 5.41) is 13.4. The number of nitrogens with one attached hydrogen (secondary N) is 1. The Hall–Kier alpha value is -3.96. The van der Waals surface area contributed by atoms with Crippen LogP contribution in [0, 0.1) is 0 Å². The molecule has 1 saturated heterocycles.